The number of H-pyrrole nitrogens is 1. The van der Waals surface area contributed by atoms with Gasteiger partial charge in [-0.05, 0) is 24.1 Å². The molecular formula is C22H18N6O2S. The number of fused-ring (bicyclic) bond motifs is 1. The largest absolute Gasteiger partial charge is 0.338 e. The summed E-state index contributed by atoms with van der Waals surface area (Å²) in [7, 11) is 0. The van der Waals surface area contributed by atoms with Gasteiger partial charge in [0.25, 0.3) is 5.56 Å². The van der Waals surface area contributed by atoms with Crippen molar-refractivity contribution in [2.75, 3.05) is 0 Å². The van der Waals surface area contributed by atoms with Gasteiger partial charge in [-0.1, -0.05) is 66.3 Å². The molecule has 0 saturated carbocycles. The first-order chi connectivity index (χ1) is 15.2. The SMILES string of the molecule is CCc1ccc(-c2noc(CSc3nc4[nH]ncc4c(=O)n3-c3ccccc3)n2)cc1. The van der Waals surface area contributed by atoms with Crippen molar-refractivity contribution < 1.29 is 4.52 Å². The number of hydrogen-bond acceptors (Lipinski definition) is 7. The number of rotatable bonds is 6. The summed E-state index contributed by atoms with van der Waals surface area (Å²) in [5.74, 6) is 1.37. The lowest BCUT2D eigenvalue weighted by Crippen LogP contribution is -2.21. The van der Waals surface area contributed by atoms with E-state index in [1.54, 1.807) is 4.57 Å². The van der Waals surface area contributed by atoms with Gasteiger partial charge in [-0.2, -0.15) is 10.1 Å². The highest BCUT2D eigenvalue weighted by Gasteiger charge is 2.16. The van der Waals surface area contributed by atoms with Crippen LogP contribution in [0.4, 0.5) is 0 Å². The van der Waals surface area contributed by atoms with E-state index in [9.17, 15) is 4.79 Å². The fourth-order valence-electron chi connectivity index (χ4n) is 3.22. The second-order valence-electron chi connectivity index (χ2n) is 6.85. The zero-order chi connectivity index (χ0) is 21.2. The quantitative estimate of drug-likeness (QED) is 0.321. The lowest BCUT2D eigenvalue weighted by atomic mass is 10.1. The van der Waals surface area contributed by atoms with Gasteiger partial charge in [-0.25, -0.2) is 4.98 Å². The van der Waals surface area contributed by atoms with E-state index in [1.807, 2.05) is 42.5 Å². The second-order valence-corrected chi connectivity index (χ2v) is 7.80. The standard InChI is InChI=1S/C22H18N6O2S/c1-2-14-8-10-15(11-9-14)19-24-18(30-27-19)13-31-22-25-20-17(12-23-26-20)21(29)28(22)16-6-4-3-5-7-16/h3-12H,2,13H2,1H3,(H,23,26). The molecule has 9 heteroatoms. The van der Waals surface area contributed by atoms with Crippen LogP contribution in [0.1, 0.15) is 18.4 Å². The van der Waals surface area contributed by atoms with Gasteiger partial charge in [0.05, 0.1) is 17.6 Å². The zero-order valence-electron chi connectivity index (χ0n) is 16.6. The number of nitrogens with one attached hydrogen (secondary N) is 1. The monoisotopic (exact) mass is 430 g/mol. The molecule has 0 aliphatic rings. The lowest BCUT2D eigenvalue weighted by molar-refractivity contribution is 0.391. The van der Waals surface area contributed by atoms with Gasteiger partial charge >= 0.3 is 0 Å². The summed E-state index contributed by atoms with van der Waals surface area (Å²) in [6, 6.07) is 17.5. The molecule has 3 heterocycles. The summed E-state index contributed by atoms with van der Waals surface area (Å²) in [5.41, 5.74) is 3.14. The van der Waals surface area contributed by atoms with Crippen LogP contribution in [0.3, 0.4) is 0 Å². The molecule has 5 rings (SSSR count). The number of para-hydroxylation sites is 1. The van der Waals surface area contributed by atoms with E-state index in [1.165, 1.54) is 23.5 Å². The molecule has 0 spiro atoms. The van der Waals surface area contributed by atoms with E-state index in [2.05, 4.69) is 44.4 Å². The number of aromatic amines is 1. The molecule has 0 radical (unpaired) electrons. The summed E-state index contributed by atoms with van der Waals surface area (Å²) < 4.78 is 7.00. The van der Waals surface area contributed by atoms with Crippen molar-refractivity contribution in [2.45, 2.75) is 24.3 Å². The highest BCUT2D eigenvalue weighted by molar-refractivity contribution is 7.98. The second kappa shape index (κ2) is 8.19. The maximum Gasteiger partial charge on any atom is 0.269 e. The molecule has 0 amide bonds. The van der Waals surface area contributed by atoms with Gasteiger partial charge in [0.2, 0.25) is 11.7 Å². The van der Waals surface area contributed by atoms with E-state index in [0.717, 1.165) is 17.7 Å². The number of benzene rings is 2. The van der Waals surface area contributed by atoms with Crippen LogP contribution in [-0.4, -0.2) is 29.9 Å². The minimum Gasteiger partial charge on any atom is -0.338 e. The van der Waals surface area contributed by atoms with E-state index in [4.69, 9.17) is 4.52 Å². The van der Waals surface area contributed by atoms with Crippen LogP contribution in [0.25, 0.3) is 28.1 Å². The zero-order valence-corrected chi connectivity index (χ0v) is 17.5. The number of aromatic nitrogens is 6. The maximum absolute atomic E-state index is 13.1. The van der Waals surface area contributed by atoms with Crippen molar-refractivity contribution in [1.82, 2.24) is 29.9 Å². The molecule has 0 saturated heterocycles. The molecule has 0 atom stereocenters. The molecule has 0 aliphatic heterocycles. The van der Waals surface area contributed by atoms with Gasteiger partial charge in [0, 0.05) is 5.56 Å². The predicted molar refractivity (Wildman–Crippen MR) is 118 cm³/mol. The van der Waals surface area contributed by atoms with Gasteiger partial charge in [0.15, 0.2) is 10.8 Å². The van der Waals surface area contributed by atoms with E-state index in [0.29, 0.717) is 33.7 Å². The first-order valence-corrected chi connectivity index (χ1v) is 10.8. The highest BCUT2D eigenvalue weighted by Crippen LogP contribution is 2.25. The first kappa shape index (κ1) is 19.3. The van der Waals surface area contributed by atoms with Crippen LogP contribution in [0, 0.1) is 0 Å². The molecule has 0 fully saturated rings. The number of thioether (sulfide) groups is 1. The Morgan fingerprint density at radius 3 is 2.65 bits per heavy atom. The third-order valence-electron chi connectivity index (χ3n) is 4.88. The summed E-state index contributed by atoms with van der Waals surface area (Å²) in [6.07, 6.45) is 2.47. The van der Waals surface area contributed by atoms with Crippen LogP contribution in [0.15, 0.2) is 75.3 Å². The Labute approximate surface area is 181 Å². The van der Waals surface area contributed by atoms with Gasteiger partial charge in [-0.15, -0.1) is 0 Å². The average Bonchev–Trinajstić information content (AvgIpc) is 3.48. The number of hydrogen-bond donors (Lipinski definition) is 1. The Balaban J connectivity index is 1.45. The Hall–Kier alpha value is -3.72. The van der Waals surface area contributed by atoms with Gasteiger partial charge in [-0.3, -0.25) is 14.5 Å². The molecule has 0 bridgehead atoms. The molecule has 1 N–H and O–H groups in total. The van der Waals surface area contributed by atoms with Crippen molar-refractivity contribution in [3.05, 3.63) is 82.6 Å². The van der Waals surface area contributed by atoms with Crippen molar-refractivity contribution >= 4 is 22.8 Å². The lowest BCUT2D eigenvalue weighted by Gasteiger charge is -2.10. The van der Waals surface area contributed by atoms with E-state index < -0.39 is 0 Å². The van der Waals surface area contributed by atoms with Crippen molar-refractivity contribution in [3.63, 3.8) is 0 Å². The smallest absolute Gasteiger partial charge is 0.269 e. The van der Waals surface area contributed by atoms with E-state index >= 15 is 0 Å². The molecular weight excluding hydrogens is 412 g/mol. The first-order valence-electron chi connectivity index (χ1n) is 9.79. The Kier molecular flexibility index (Phi) is 5.09. The topological polar surface area (TPSA) is 102 Å². The Morgan fingerprint density at radius 2 is 1.87 bits per heavy atom. The molecule has 3 aromatic heterocycles. The van der Waals surface area contributed by atoms with Crippen LogP contribution in [0.2, 0.25) is 0 Å². The molecule has 5 aromatic rings. The number of aryl methyl sites for hydroxylation is 1. The van der Waals surface area contributed by atoms with Crippen molar-refractivity contribution in [3.8, 4) is 17.1 Å². The average molecular weight is 430 g/mol. The predicted octanol–water partition coefficient (Wildman–Crippen LogP) is 4.01. The third kappa shape index (κ3) is 3.75. The van der Waals surface area contributed by atoms with Crippen molar-refractivity contribution in [2.24, 2.45) is 0 Å². The molecule has 2 aromatic carbocycles. The maximum atomic E-state index is 13.1. The number of nitrogens with zero attached hydrogens (tertiary/aromatic N) is 5. The normalized spacial score (nSPS) is 11.3. The highest BCUT2D eigenvalue weighted by atomic mass is 32.2. The molecule has 154 valence electrons. The van der Waals surface area contributed by atoms with Crippen LogP contribution >= 0.6 is 11.8 Å². The van der Waals surface area contributed by atoms with Crippen LogP contribution in [0.5, 0.6) is 0 Å². The van der Waals surface area contributed by atoms with Crippen LogP contribution in [-0.2, 0) is 12.2 Å². The Morgan fingerprint density at radius 1 is 1.06 bits per heavy atom. The minimum atomic E-state index is -0.185. The summed E-state index contributed by atoms with van der Waals surface area (Å²) in [6.45, 7) is 2.11. The fourth-order valence-corrected chi connectivity index (χ4v) is 4.07. The third-order valence-corrected chi connectivity index (χ3v) is 5.80. The molecule has 8 nitrogen and oxygen atoms in total. The minimum absolute atomic E-state index is 0.185. The summed E-state index contributed by atoms with van der Waals surface area (Å²) >= 11 is 1.35. The van der Waals surface area contributed by atoms with Gasteiger partial charge < -0.3 is 4.52 Å². The van der Waals surface area contributed by atoms with Crippen molar-refractivity contribution in [1.29, 1.82) is 0 Å². The van der Waals surface area contributed by atoms with Gasteiger partial charge in [0.1, 0.15) is 5.39 Å². The van der Waals surface area contributed by atoms with E-state index in [-0.39, 0.29) is 5.56 Å². The summed E-state index contributed by atoms with van der Waals surface area (Å²) in [5, 5.41) is 11.8. The fraction of sp³-hybridized carbons (Fsp3) is 0.136. The summed E-state index contributed by atoms with van der Waals surface area (Å²) in [4.78, 5) is 22.1. The molecule has 31 heavy (non-hydrogen) atoms. The molecule has 0 aliphatic carbocycles. The van der Waals surface area contributed by atoms with Crippen LogP contribution < -0.4 is 5.56 Å². The molecule has 0 unspecified atom stereocenters. The Bertz CT molecular complexity index is 1390.